The van der Waals surface area contributed by atoms with Crippen molar-refractivity contribution in [1.29, 1.82) is 0 Å². The van der Waals surface area contributed by atoms with Crippen molar-refractivity contribution in [3.05, 3.63) is 144 Å². The minimum atomic E-state index is 0. The number of rotatable bonds is 8. The van der Waals surface area contributed by atoms with Crippen LogP contribution in [0.15, 0.2) is 121 Å². The smallest absolute Gasteiger partial charge is 0.277 e. The molecule has 0 saturated heterocycles. The summed E-state index contributed by atoms with van der Waals surface area (Å²) in [5, 5.41) is 0. The molecule has 0 unspecified atom stereocenters. The van der Waals surface area contributed by atoms with Gasteiger partial charge in [-0.25, -0.2) is 0 Å². The van der Waals surface area contributed by atoms with Crippen LogP contribution in [0, 0.1) is 0 Å². The molecule has 0 amide bonds. The van der Waals surface area contributed by atoms with Crippen LogP contribution in [-0.4, -0.2) is 42.3 Å². The Labute approximate surface area is 218 Å². The topological polar surface area (TPSA) is 85.6 Å². The van der Waals surface area contributed by atoms with Crippen molar-refractivity contribution in [2.75, 3.05) is 0 Å². The van der Waals surface area contributed by atoms with Gasteiger partial charge in [-0.05, 0) is 48.5 Å². The average molecular weight is 559 g/mol. The van der Waals surface area contributed by atoms with Gasteiger partial charge in [0.25, 0.3) is 0 Å². The average Bonchev–Trinajstić information content (AvgIpc) is 2.91. The number of benzene rings is 4. The number of ketones is 4. The van der Waals surface area contributed by atoms with Crippen LogP contribution in [0.5, 0.6) is 0 Å². The van der Waals surface area contributed by atoms with E-state index in [0.717, 1.165) is 22.3 Å². The quantitative estimate of drug-likeness (QED) is 0.124. The molecule has 4 rings (SSSR count). The van der Waals surface area contributed by atoms with Crippen LogP contribution in [-0.2, 0) is 20.4 Å². The van der Waals surface area contributed by atoms with Gasteiger partial charge in [-0.3, -0.25) is 19.2 Å². The van der Waals surface area contributed by atoms with E-state index in [-0.39, 0.29) is 56.4 Å². The number of hydrogen-bond acceptors (Lipinski definition) is 0. The van der Waals surface area contributed by atoms with E-state index in [1.165, 1.54) is 0 Å². The third-order valence-corrected chi connectivity index (χ3v) is 5.10. The molecule has 0 aliphatic carbocycles. The van der Waals surface area contributed by atoms with Gasteiger partial charge in [-0.2, -0.15) is 0 Å². The summed E-state index contributed by atoms with van der Waals surface area (Å²) in [6.07, 6.45) is 0.294. The van der Waals surface area contributed by atoms with E-state index in [4.69, 9.17) is 0 Å². The van der Waals surface area contributed by atoms with E-state index in [2.05, 4.69) is 0 Å². The van der Waals surface area contributed by atoms with Crippen LogP contribution in [0.3, 0.4) is 0 Å². The summed E-state index contributed by atoms with van der Waals surface area (Å²) >= 11 is 0. The normalized spacial score (nSPS) is 9.60. The molecule has 0 atom stereocenters. The molecule has 0 radical (unpaired) electrons. The van der Waals surface area contributed by atoms with E-state index >= 15 is 0 Å². The second kappa shape index (κ2) is 14.5. The Hall–Kier alpha value is -3.78. The molecule has 4 aromatic carbocycles. The first-order chi connectivity index (χ1) is 16.5. The van der Waals surface area contributed by atoms with Crippen molar-refractivity contribution in [1.82, 2.24) is 0 Å². The van der Waals surface area contributed by atoms with E-state index in [1.54, 1.807) is 0 Å². The molecular weight excluding hydrogens is 531 g/mol. The van der Waals surface area contributed by atoms with Gasteiger partial charge in [0.1, 0.15) is 0 Å². The van der Waals surface area contributed by atoms with Gasteiger partial charge in [0, 0.05) is 20.4 Å². The Balaban J connectivity index is 0.000000240. The predicted octanol–water partition coefficient (Wildman–Crippen LogP) is 5.12. The van der Waals surface area contributed by atoms with Gasteiger partial charge in [0.05, 0.1) is 22.3 Å². The maximum atomic E-state index is 9.89. The Bertz CT molecular complexity index is 1040. The van der Waals surface area contributed by atoms with Crippen LogP contribution < -0.4 is 0 Å². The summed E-state index contributed by atoms with van der Waals surface area (Å²) in [5.41, 5.74) is 2.93. The van der Waals surface area contributed by atoms with Gasteiger partial charge in [-0.1, -0.05) is 72.8 Å². The predicted molar refractivity (Wildman–Crippen MR) is 139 cm³/mol. The summed E-state index contributed by atoms with van der Waals surface area (Å²) < 4.78 is 0. The maximum absolute atomic E-state index is 9.89. The Morgan fingerprint density at radius 2 is 0.514 bits per heavy atom. The Morgan fingerprint density at radius 1 is 0.343 bits per heavy atom. The molecule has 5 heteroatoms. The molecule has 35 heavy (non-hydrogen) atoms. The first kappa shape index (κ1) is 27.5. The van der Waals surface area contributed by atoms with Crippen molar-refractivity contribution >= 4 is 23.1 Å². The molecule has 0 aliphatic rings. The molecule has 0 fully saturated rings. The zero-order valence-electron chi connectivity index (χ0n) is 19.1. The van der Waals surface area contributed by atoms with Crippen molar-refractivity contribution in [3.63, 3.8) is 0 Å². The van der Waals surface area contributed by atoms with E-state index in [1.807, 2.05) is 121 Å². The summed E-state index contributed by atoms with van der Waals surface area (Å²) in [5.74, 6) is 0.692. The Morgan fingerprint density at radius 3 is 0.686 bits per heavy atom. The minimum absolute atomic E-state index is 0. The Kier molecular flexibility index (Phi) is 11.4. The van der Waals surface area contributed by atoms with Crippen LogP contribution in [0.2, 0.25) is 0 Å². The second-order valence-electron chi connectivity index (χ2n) is 7.60. The molecule has 0 aliphatic heterocycles. The van der Waals surface area contributed by atoms with E-state index < -0.39 is 0 Å². The van der Waals surface area contributed by atoms with Crippen molar-refractivity contribution in [2.45, 2.75) is 12.8 Å². The monoisotopic (exact) mass is 558 g/mol. The van der Waals surface area contributed by atoms with Gasteiger partial charge in [0.2, 0.25) is 0 Å². The molecule has 4 N–H and O–H groups in total. The van der Waals surface area contributed by atoms with Crippen LogP contribution >= 0.6 is 0 Å². The van der Waals surface area contributed by atoms with Crippen LogP contribution in [0.4, 0.5) is 0 Å². The maximum Gasteiger partial charge on any atom is 0.337 e. The molecule has 0 spiro atoms. The summed E-state index contributed by atoms with van der Waals surface area (Å²) in [6, 6.07) is 36.9. The van der Waals surface area contributed by atoms with Gasteiger partial charge in [-0.15, -0.1) is 0 Å². The number of hydrogen-bond donors (Lipinski definition) is 0. The SMILES string of the molecule is [OH+]=C(CC(=[OH+])c1ccccc1)c1ccccc1.[OH+]=C(CC(=[OH+])c1ccccc1)c1ccccc1.[Pd]. The zero-order valence-corrected chi connectivity index (χ0v) is 20.6. The van der Waals surface area contributed by atoms with E-state index in [0.29, 0.717) is 0 Å². The van der Waals surface area contributed by atoms with Gasteiger partial charge >= 0.3 is 23.1 Å². The van der Waals surface area contributed by atoms with Crippen molar-refractivity contribution < 1.29 is 39.6 Å². The third-order valence-electron chi connectivity index (χ3n) is 5.10. The van der Waals surface area contributed by atoms with Crippen LogP contribution in [0.25, 0.3) is 0 Å². The molecule has 0 heterocycles. The fourth-order valence-corrected chi connectivity index (χ4v) is 3.25. The van der Waals surface area contributed by atoms with Crippen LogP contribution in [0.1, 0.15) is 35.1 Å². The summed E-state index contributed by atoms with van der Waals surface area (Å²) in [7, 11) is 0. The van der Waals surface area contributed by atoms with Gasteiger partial charge < -0.3 is 0 Å². The standard InChI is InChI=1S/2C15H12O2.Pd/c2*16-14(12-7-3-1-4-8-12)11-15(17)13-9-5-2-6-10-13;/h2*1-10H,11H2;/p+4. The van der Waals surface area contributed by atoms with Crippen molar-refractivity contribution in [3.8, 4) is 0 Å². The molecule has 4 aromatic rings. The molecule has 178 valence electrons. The largest absolute Gasteiger partial charge is 0.337 e. The third kappa shape index (κ3) is 8.83. The summed E-state index contributed by atoms with van der Waals surface area (Å²) in [4.78, 5) is 39.6. The molecule has 0 saturated carbocycles. The number of carbonyl (C=O) groups excluding carboxylic acids is 4. The van der Waals surface area contributed by atoms with Crippen molar-refractivity contribution in [2.24, 2.45) is 0 Å². The van der Waals surface area contributed by atoms with Gasteiger partial charge in [0.15, 0.2) is 12.8 Å². The molecular formula is C30H28O4Pd+4. The first-order valence-electron chi connectivity index (χ1n) is 11.0. The summed E-state index contributed by atoms with van der Waals surface area (Å²) in [6.45, 7) is 0. The second-order valence-corrected chi connectivity index (χ2v) is 7.60. The minimum Gasteiger partial charge on any atom is -0.277 e. The fourth-order valence-electron chi connectivity index (χ4n) is 3.25. The van der Waals surface area contributed by atoms with E-state index in [9.17, 15) is 19.2 Å². The molecule has 4 nitrogen and oxygen atoms in total. The first-order valence-corrected chi connectivity index (χ1v) is 11.0. The molecule has 0 aromatic heterocycles. The zero-order chi connectivity index (χ0) is 24.2. The molecule has 0 bridgehead atoms. The fraction of sp³-hybridized carbons (Fsp3) is 0.0667.